The van der Waals surface area contributed by atoms with Crippen molar-refractivity contribution in [3.63, 3.8) is 0 Å². The van der Waals surface area contributed by atoms with Gasteiger partial charge in [0.2, 0.25) is 0 Å². The third kappa shape index (κ3) is 3.34. The Hall–Kier alpha value is -1.09. The van der Waals surface area contributed by atoms with E-state index in [1.807, 2.05) is 18.0 Å². The summed E-state index contributed by atoms with van der Waals surface area (Å²) in [4.78, 5) is 1.93. The van der Waals surface area contributed by atoms with Crippen molar-refractivity contribution in [3.8, 4) is 0 Å². The van der Waals surface area contributed by atoms with Gasteiger partial charge < -0.3 is 10.0 Å². The Kier molecular flexibility index (Phi) is 3.89. The minimum atomic E-state index is -0.314. The molecule has 0 aliphatic heterocycles. The highest BCUT2D eigenvalue weighted by atomic mass is 19.1. The van der Waals surface area contributed by atoms with Crippen molar-refractivity contribution in [3.05, 3.63) is 30.1 Å². The van der Waals surface area contributed by atoms with Crippen LogP contribution in [0.4, 0.5) is 10.1 Å². The molecule has 78 valence electrons. The van der Waals surface area contributed by atoms with Crippen molar-refractivity contribution in [2.45, 2.75) is 19.4 Å². The van der Waals surface area contributed by atoms with Gasteiger partial charge in [0.25, 0.3) is 0 Å². The van der Waals surface area contributed by atoms with Gasteiger partial charge in [-0.05, 0) is 31.5 Å². The molecule has 1 rings (SSSR count). The van der Waals surface area contributed by atoms with Gasteiger partial charge in [0.05, 0.1) is 6.10 Å². The molecular formula is C11H16FNO. The van der Waals surface area contributed by atoms with Gasteiger partial charge >= 0.3 is 0 Å². The number of nitrogens with zero attached hydrogens (tertiary/aromatic N) is 1. The molecule has 0 bridgehead atoms. The summed E-state index contributed by atoms with van der Waals surface area (Å²) in [5, 5.41) is 9.10. The second kappa shape index (κ2) is 4.96. The summed E-state index contributed by atoms with van der Waals surface area (Å²) < 4.78 is 12.9. The molecular weight excluding hydrogens is 181 g/mol. The lowest BCUT2D eigenvalue weighted by atomic mass is 10.2. The molecule has 0 heterocycles. The van der Waals surface area contributed by atoms with E-state index in [0.29, 0.717) is 6.42 Å². The zero-order valence-electron chi connectivity index (χ0n) is 8.57. The topological polar surface area (TPSA) is 23.5 Å². The molecule has 1 aromatic rings. The van der Waals surface area contributed by atoms with Crippen LogP contribution in [0.15, 0.2) is 24.3 Å². The van der Waals surface area contributed by atoms with Crippen molar-refractivity contribution < 1.29 is 9.50 Å². The molecule has 3 heteroatoms. The molecule has 0 aromatic heterocycles. The molecule has 0 aliphatic rings. The van der Waals surface area contributed by atoms with Gasteiger partial charge in [-0.3, -0.25) is 0 Å². The van der Waals surface area contributed by atoms with Gasteiger partial charge in [-0.1, -0.05) is 6.07 Å². The lowest BCUT2D eigenvalue weighted by Gasteiger charge is -2.19. The standard InChI is InChI=1S/C11H16FNO/c1-9(14)6-7-13(2)11-5-3-4-10(12)8-11/h3-5,8-9,14H,6-7H2,1-2H3. The summed E-state index contributed by atoms with van der Waals surface area (Å²) in [6.07, 6.45) is 0.374. The molecule has 0 fully saturated rings. The molecule has 0 saturated carbocycles. The van der Waals surface area contributed by atoms with E-state index in [0.717, 1.165) is 12.2 Å². The number of hydrogen-bond acceptors (Lipinski definition) is 2. The van der Waals surface area contributed by atoms with E-state index < -0.39 is 0 Å². The first-order valence-electron chi connectivity index (χ1n) is 4.74. The number of anilines is 1. The number of aliphatic hydroxyl groups is 1. The highest BCUT2D eigenvalue weighted by Crippen LogP contribution is 2.14. The zero-order chi connectivity index (χ0) is 10.6. The van der Waals surface area contributed by atoms with E-state index in [1.165, 1.54) is 12.1 Å². The molecule has 0 saturated heterocycles. The fourth-order valence-corrected chi connectivity index (χ4v) is 1.22. The van der Waals surface area contributed by atoms with Gasteiger partial charge in [-0.15, -0.1) is 0 Å². The Morgan fingerprint density at radius 3 is 2.79 bits per heavy atom. The van der Waals surface area contributed by atoms with Gasteiger partial charge in [-0.25, -0.2) is 4.39 Å². The summed E-state index contributed by atoms with van der Waals surface area (Å²) in [5.74, 6) is -0.230. The molecule has 14 heavy (non-hydrogen) atoms. The molecule has 0 aliphatic carbocycles. The van der Waals surface area contributed by atoms with Crippen LogP contribution in [0.5, 0.6) is 0 Å². The first-order chi connectivity index (χ1) is 6.59. The van der Waals surface area contributed by atoms with Crippen molar-refractivity contribution in [1.29, 1.82) is 0 Å². The Morgan fingerprint density at radius 2 is 2.21 bits per heavy atom. The molecule has 1 N–H and O–H groups in total. The Labute approximate surface area is 84.0 Å². The highest BCUT2D eigenvalue weighted by molar-refractivity contribution is 5.45. The average Bonchev–Trinajstić information content (AvgIpc) is 2.14. The summed E-state index contributed by atoms with van der Waals surface area (Å²) in [6, 6.07) is 6.45. The van der Waals surface area contributed by atoms with Crippen LogP contribution >= 0.6 is 0 Å². The fourth-order valence-electron chi connectivity index (χ4n) is 1.22. The van der Waals surface area contributed by atoms with Gasteiger partial charge in [0.1, 0.15) is 5.82 Å². The maximum absolute atomic E-state index is 12.9. The van der Waals surface area contributed by atoms with Gasteiger partial charge in [-0.2, -0.15) is 0 Å². The predicted molar refractivity (Wildman–Crippen MR) is 56.0 cm³/mol. The van der Waals surface area contributed by atoms with Crippen LogP contribution < -0.4 is 4.90 Å². The SMILES string of the molecule is CC(O)CCN(C)c1cccc(F)c1. The van der Waals surface area contributed by atoms with Crippen LogP contribution in [-0.4, -0.2) is 24.8 Å². The predicted octanol–water partition coefficient (Wildman–Crippen LogP) is 2.03. The van der Waals surface area contributed by atoms with E-state index in [-0.39, 0.29) is 11.9 Å². The smallest absolute Gasteiger partial charge is 0.125 e. The second-order valence-electron chi connectivity index (χ2n) is 3.54. The normalized spacial score (nSPS) is 12.6. The summed E-state index contributed by atoms with van der Waals surface area (Å²) in [7, 11) is 1.89. The van der Waals surface area contributed by atoms with Gasteiger partial charge in [0.15, 0.2) is 0 Å². The lowest BCUT2D eigenvalue weighted by Crippen LogP contribution is -2.21. The Balaban J connectivity index is 2.56. The number of benzene rings is 1. The number of rotatable bonds is 4. The van der Waals surface area contributed by atoms with E-state index in [2.05, 4.69) is 0 Å². The van der Waals surface area contributed by atoms with E-state index >= 15 is 0 Å². The first kappa shape index (κ1) is 11.0. The summed E-state index contributed by atoms with van der Waals surface area (Å²) >= 11 is 0. The molecule has 1 unspecified atom stereocenters. The highest BCUT2D eigenvalue weighted by Gasteiger charge is 2.03. The summed E-state index contributed by atoms with van der Waals surface area (Å²) in [5.41, 5.74) is 0.839. The minimum absolute atomic E-state index is 0.230. The maximum atomic E-state index is 12.9. The molecule has 2 nitrogen and oxygen atoms in total. The minimum Gasteiger partial charge on any atom is -0.393 e. The van der Waals surface area contributed by atoms with E-state index in [1.54, 1.807) is 13.0 Å². The number of aliphatic hydroxyl groups excluding tert-OH is 1. The molecule has 0 spiro atoms. The largest absolute Gasteiger partial charge is 0.393 e. The Morgan fingerprint density at radius 1 is 1.50 bits per heavy atom. The molecule has 0 radical (unpaired) electrons. The monoisotopic (exact) mass is 197 g/mol. The van der Waals surface area contributed by atoms with Crippen molar-refractivity contribution in [2.24, 2.45) is 0 Å². The fraction of sp³-hybridized carbons (Fsp3) is 0.455. The van der Waals surface area contributed by atoms with Crippen LogP contribution in [0.1, 0.15) is 13.3 Å². The molecule has 1 aromatic carbocycles. The van der Waals surface area contributed by atoms with Crippen molar-refractivity contribution >= 4 is 5.69 Å². The van der Waals surface area contributed by atoms with Crippen molar-refractivity contribution in [2.75, 3.05) is 18.5 Å². The van der Waals surface area contributed by atoms with Crippen LogP contribution in [0.3, 0.4) is 0 Å². The molecule has 0 amide bonds. The first-order valence-corrected chi connectivity index (χ1v) is 4.74. The van der Waals surface area contributed by atoms with E-state index in [4.69, 9.17) is 5.11 Å². The van der Waals surface area contributed by atoms with Crippen LogP contribution in [0.2, 0.25) is 0 Å². The number of halogens is 1. The lowest BCUT2D eigenvalue weighted by molar-refractivity contribution is 0.187. The second-order valence-corrected chi connectivity index (χ2v) is 3.54. The summed E-state index contributed by atoms with van der Waals surface area (Å²) in [6.45, 7) is 2.47. The maximum Gasteiger partial charge on any atom is 0.125 e. The van der Waals surface area contributed by atoms with Crippen molar-refractivity contribution in [1.82, 2.24) is 0 Å². The average molecular weight is 197 g/mol. The zero-order valence-corrected chi connectivity index (χ0v) is 8.57. The van der Waals surface area contributed by atoms with Gasteiger partial charge in [0, 0.05) is 19.3 Å². The Bertz CT molecular complexity index is 288. The van der Waals surface area contributed by atoms with E-state index in [9.17, 15) is 4.39 Å². The third-order valence-electron chi connectivity index (χ3n) is 2.13. The van der Waals surface area contributed by atoms with Crippen LogP contribution in [0, 0.1) is 5.82 Å². The number of hydrogen-bond donors (Lipinski definition) is 1. The third-order valence-corrected chi connectivity index (χ3v) is 2.13. The van der Waals surface area contributed by atoms with Crippen LogP contribution in [-0.2, 0) is 0 Å². The quantitative estimate of drug-likeness (QED) is 0.798. The molecule has 1 atom stereocenters. The van der Waals surface area contributed by atoms with Crippen LogP contribution in [0.25, 0.3) is 0 Å².